The van der Waals surface area contributed by atoms with Crippen LogP contribution in [0.2, 0.25) is 0 Å². The van der Waals surface area contributed by atoms with E-state index < -0.39 is 0 Å². The number of nitrogens with zero attached hydrogens (tertiary/aromatic N) is 2. The van der Waals surface area contributed by atoms with Crippen molar-refractivity contribution in [2.75, 3.05) is 13.2 Å². The van der Waals surface area contributed by atoms with Crippen LogP contribution in [0.25, 0.3) is 0 Å². The maximum Gasteiger partial charge on any atom is 0.276 e. The molecule has 0 radical (unpaired) electrons. The fourth-order valence-electron chi connectivity index (χ4n) is 4.50. The van der Waals surface area contributed by atoms with Crippen LogP contribution >= 0.6 is 0 Å². The van der Waals surface area contributed by atoms with Gasteiger partial charge in [-0.05, 0) is 45.4 Å². The predicted molar refractivity (Wildman–Crippen MR) is 88.9 cm³/mol. The topological polar surface area (TPSA) is 84.7 Å². The van der Waals surface area contributed by atoms with E-state index >= 15 is 0 Å². The molecule has 2 amide bonds. The minimum atomic E-state index is -0.126. The molecule has 0 spiro atoms. The minimum absolute atomic E-state index is 0.0261. The minimum Gasteiger partial charge on any atom is -0.376 e. The van der Waals surface area contributed by atoms with Crippen LogP contribution in [-0.4, -0.2) is 53.2 Å². The lowest BCUT2D eigenvalue weighted by Crippen LogP contribution is -2.43. The van der Waals surface area contributed by atoms with Crippen LogP contribution in [-0.2, 0) is 9.53 Å². The molecule has 4 heterocycles. The number of nitrogens with one attached hydrogen (secondary N) is 1. The van der Waals surface area contributed by atoms with Crippen LogP contribution in [0.3, 0.4) is 0 Å². The molecule has 0 aliphatic carbocycles. The van der Waals surface area contributed by atoms with Gasteiger partial charge >= 0.3 is 0 Å². The van der Waals surface area contributed by atoms with Gasteiger partial charge in [-0.3, -0.25) is 9.59 Å². The summed E-state index contributed by atoms with van der Waals surface area (Å²) >= 11 is 0. The largest absolute Gasteiger partial charge is 0.376 e. The molecular formula is C18H25N3O4. The lowest BCUT2D eigenvalue weighted by Gasteiger charge is -2.26. The number of ether oxygens (including phenoxy) is 1. The zero-order valence-corrected chi connectivity index (χ0v) is 14.6. The standard InChI is InChI=1S/C18H25N3O4/c1-11-8-15(20-25-11)18(23)21-12-5-6-16(21)14(9-12)17(22)19-10-13-4-2-3-7-24-13/h8,12-14,16H,2-7,9-10H2,1H3,(H,19,22)/t12-,13+,14-,16-/m0/s1. The normalized spacial score (nSPS) is 31.3. The molecule has 3 aliphatic rings. The summed E-state index contributed by atoms with van der Waals surface area (Å²) in [4.78, 5) is 27.3. The first-order valence-electron chi connectivity index (χ1n) is 9.29. The lowest BCUT2D eigenvalue weighted by molar-refractivity contribution is -0.126. The second kappa shape index (κ2) is 6.78. The molecule has 1 aromatic heterocycles. The van der Waals surface area contributed by atoms with E-state index in [1.165, 1.54) is 0 Å². The molecule has 0 saturated carbocycles. The fourth-order valence-corrected chi connectivity index (χ4v) is 4.50. The van der Waals surface area contributed by atoms with Crippen molar-refractivity contribution >= 4 is 11.8 Å². The van der Waals surface area contributed by atoms with Gasteiger partial charge in [0.25, 0.3) is 5.91 Å². The monoisotopic (exact) mass is 347 g/mol. The quantitative estimate of drug-likeness (QED) is 0.895. The number of hydrogen-bond donors (Lipinski definition) is 1. The zero-order chi connectivity index (χ0) is 17.4. The highest BCUT2D eigenvalue weighted by Crippen LogP contribution is 2.42. The van der Waals surface area contributed by atoms with Crippen LogP contribution in [0.15, 0.2) is 10.6 Å². The molecule has 136 valence electrons. The van der Waals surface area contributed by atoms with E-state index in [1.807, 2.05) is 4.90 Å². The summed E-state index contributed by atoms with van der Waals surface area (Å²) in [5.41, 5.74) is 0.339. The second-order valence-electron chi connectivity index (χ2n) is 7.41. The first kappa shape index (κ1) is 16.6. The van der Waals surface area contributed by atoms with E-state index in [9.17, 15) is 9.59 Å². The number of carbonyl (C=O) groups is 2. The maximum atomic E-state index is 12.7. The molecule has 3 aliphatic heterocycles. The third-order valence-electron chi connectivity index (χ3n) is 5.73. The maximum absolute atomic E-state index is 12.7. The fraction of sp³-hybridized carbons (Fsp3) is 0.722. The van der Waals surface area contributed by atoms with Crippen molar-refractivity contribution in [2.24, 2.45) is 5.92 Å². The summed E-state index contributed by atoms with van der Waals surface area (Å²) in [6, 6.07) is 1.77. The molecule has 4 atom stereocenters. The molecule has 1 N–H and O–H groups in total. The van der Waals surface area contributed by atoms with E-state index in [0.29, 0.717) is 18.0 Å². The Hall–Kier alpha value is -1.89. The van der Waals surface area contributed by atoms with Gasteiger partial charge in [-0.15, -0.1) is 0 Å². The zero-order valence-electron chi connectivity index (χ0n) is 14.6. The van der Waals surface area contributed by atoms with Gasteiger partial charge in [-0.2, -0.15) is 0 Å². The molecule has 0 aromatic carbocycles. The van der Waals surface area contributed by atoms with Gasteiger partial charge in [0.05, 0.1) is 12.0 Å². The predicted octanol–water partition coefficient (Wildman–Crippen LogP) is 1.66. The van der Waals surface area contributed by atoms with Gasteiger partial charge < -0.3 is 19.5 Å². The molecule has 2 bridgehead atoms. The SMILES string of the molecule is Cc1cc(C(=O)N2[C@H]3CC[C@H]2[C@@H](C(=O)NC[C@H]2CCCCO2)C3)no1. The molecule has 4 rings (SSSR count). The first-order chi connectivity index (χ1) is 12.1. The molecule has 3 saturated heterocycles. The summed E-state index contributed by atoms with van der Waals surface area (Å²) < 4.78 is 10.7. The molecule has 7 heteroatoms. The highest BCUT2D eigenvalue weighted by molar-refractivity contribution is 5.94. The van der Waals surface area contributed by atoms with Crippen LogP contribution in [0.5, 0.6) is 0 Å². The van der Waals surface area contributed by atoms with Crippen LogP contribution in [0, 0.1) is 12.8 Å². The highest BCUT2D eigenvalue weighted by atomic mass is 16.5. The Morgan fingerprint density at radius 2 is 2.20 bits per heavy atom. The number of aromatic nitrogens is 1. The molecular weight excluding hydrogens is 322 g/mol. The Bertz CT molecular complexity index is 653. The van der Waals surface area contributed by atoms with Crippen molar-refractivity contribution in [1.29, 1.82) is 0 Å². The Kier molecular flexibility index (Phi) is 4.50. The van der Waals surface area contributed by atoms with E-state index in [4.69, 9.17) is 9.26 Å². The van der Waals surface area contributed by atoms with Crippen LogP contribution in [0.4, 0.5) is 0 Å². The summed E-state index contributed by atoms with van der Waals surface area (Å²) in [6.07, 6.45) is 5.99. The molecule has 1 aromatic rings. The van der Waals surface area contributed by atoms with Gasteiger partial charge in [-0.1, -0.05) is 5.16 Å². The Morgan fingerprint density at radius 3 is 2.92 bits per heavy atom. The van der Waals surface area contributed by atoms with Crippen molar-refractivity contribution in [3.8, 4) is 0 Å². The van der Waals surface area contributed by atoms with Crippen molar-refractivity contribution in [1.82, 2.24) is 15.4 Å². The third kappa shape index (κ3) is 3.17. The summed E-state index contributed by atoms with van der Waals surface area (Å²) in [6.45, 7) is 3.13. The first-order valence-corrected chi connectivity index (χ1v) is 9.29. The van der Waals surface area contributed by atoms with Gasteiger partial charge in [0.1, 0.15) is 5.76 Å². The number of fused-ring (bicyclic) bond motifs is 2. The van der Waals surface area contributed by atoms with E-state index in [-0.39, 0.29) is 35.9 Å². The number of rotatable bonds is 4. The van der Waals surface area contributed by atoms with E-state index in [1.54, 1.807) is 13.0 Å². The van der Waals surface area contributed by atoms with Gasteiger partial charge in [0, 0.05) is 31.3 Å². The number of carbonyl (C=O) groups excluding carboxylic acids is 2. The van der Waals surface area contributed by atoms with Crippen LogP contribution in [0.1, 0.15) is 54.8 Å². The second-order valence-corrected chi connectivity index (χ2v) is 7.41. The van der Waals surface area contributed by atoms with Gasteiger partial charge in [-0.25, -0.2) is 0 Å². The molecule has 7 nitrogen and oxygen atoms in total. The van der Waals surface area contributed by atoms with Crippen molar-refractivity contribution in [2.45, 2.75) is 63.6 Å². The van der Waals surface area contributed by atoms with E-state index in [0.717, 1.165) is 45.1 Å². The lowest BCUT2D eigenvalue weighted by atomic mass is 9.88. The Balaban J connectivity index is 1.38. The van der Waals surface area contributed by atoms with Crippen LogP contribution < -0.4 is 5.32 Å². The van der Waals surface area contributed by atoms with E-state index in [2.05, 4.69) is 10.5 Å². The molecule has 0 unspecified atom stereocenters. The third-order valence-corrected chi connectivity index (χ3v) is 5.73. The Morgan fingerprint density at radius 1 is 1.32 bits per heavy atom. The number of aryl methyl sites for hydroxylation is 1. The van der Waals surface area contributed by atoms with Crippen molar-refractivity contribution < 1.29 is 18.8 Å². The van der Waals surface area contributed by atoms with Crippen molar-refractivity contribution in [3.63, 3.8) is 0 Å². The molecule has 3 fully saturated rings. The number of amides is 2. The smallest absolute Gasteiger partial charge is 0.276 e. The summed E-state index contributed by atoms with van der Waals surface area (Å²) in [5.74, 6) is 0.432. The average molecular weight is 347 g/mol. The molecule has 25 heavy (non-hydrogen) atoms. The number of hydrogen-bond acceptors (Lipinski definition) is 5. The van der Waals surface area contributed by atoms with Crippen molar-refractivity contribution in [3.05, 3.63) is 17.5 Å². The van der Waals surface area contributed by atoms with Gasteiger partial charge in [0.2, 0.25) is 5.91 Å². The highest BCUT2D eigenvalue weighted by Gasteiger charge is 2.51. The summed E-state index contributed by atoms with van der Waals surface area (Å²) in [5, 5.41) is 6.89. The Labute approximate surface area is 147 Å². The summed E-state index contributed by atoms with van der Waals surface area (Å²) in [7, 11) is 0. The van der Waals surface area contributed by atoms with Gasteiger partial charge in [0.15, 0.2) is 5.69 Å². The average Bonchev–Trinajstić information content (AvgIpc) is 3.34.